The van der Waals surface area contributed by atoms with Gasteiger partial charge in [0.2, 0.25) is 0 Å². The molecule has 0 bridgehead atoms. The first-order valence-electron chi connectivity index (χ1n) is 6.52. The Kier molecular flexibility index (Phi) is 3.42. The molecule has 0 unspecified atom stereocenters. The van der Waals surface area contributed by atoms with E-state index >= 15 is 0 Å². The molecule has 6 nitrogen and oxygen atoms in total. The van der Waals surface area contributed by atoms with E-state index in [1.54, 1.807) is 6.20 Å². The van der Waals surface area contributed by atoms with Crippen molar-refractivity contribution in [2.24, 2.45) is 0 Å². The van der Waals surface area contributed by atoms with Crippen LogP contribution in [0.1, 0.15) is 17.0 Å². The fourth-order valence-electron chi connectivity index (χ4n) is 2.18. The van der Waals surface area contributed by atoms with Crippen LogP contribution in [0.3, 0.4) is 0 Å². The number of aromatic amines is 1. The van der Waals surface area contributed by atoms with Crippen LogP contribution in [0.5, 0.6) is 0 Å². The summed E-state index contributed by atoms with van der Waals surface area (Å²) < 4.78 is 0.660. The van der Waals surface area contributed by atoms with Gasteiger partial charge in [-0.3, -0.25) is 4.79 Å². The van der Waals surface area contributed by atoms with Gasteiger partial charge in [0.1, 0.15) is 10.5 Å². The van der Waals surface area contributed by atoms with Gasteiger partial charge >= 0.3 is 0 Å². The van der Waals surface area contributed by atoms with Gasteiger partial charge in [-0.15, -0.1) is 16.4 Å². The molecule has 0 saturated carbocycles. The Morgan fingerprint density at radius 3 is 3.00 bits per heavy atom. The maximum Gasteiger partial charge on any atom is 0.268 e. The van der Waals surface area contributed by atoms with E-state index < -0.39 is 0 Å². The number of aryl methyl sites for hydroxylation is 1. The second-order valence-corrected chi connectivity index (χ2v) is 5.90. The van der Waals surface area contributed by atoms with Crippen molar-refractivity contribution in [1.29, 1.82) is 0 Å². The molecule has 7 heteroatoms. The number of thiophene rings is 1. The third kappa shape index (κ3) is 2.52. The van der Waals surface area contributed by atoms with Gasteiger partial charge in [0.05, 0.1) is 18.3 Å². The molecular weight excluding hydrogens is 286 g/mol. The molecule has 0 fully saturated rings. The Balaban J connectivity index is 1.94. The minimum atomic E-state index is -0.0922. The van der Waals surface area contributed by atoms with Crippen LogP contribution in [0.25, 0.3) is 10.2 Å². The van der Waals surface area contributed by atoms with Crippen molar-refractivity contribution < 1.29 is 0 Å². The Bertz CT molecular complexity index is 854. The zero-order chi connectivity index (χ0) is 15.0. The summed E-state index contributed by atoms with van der Waals surface area (Å²) in [5.41, 5.74) is 2.80. The van der Waals surface area contributed by atoms with Crippen LogP contribution in [0.2, 0.25) is 0 Å². The second kappa shape index (κ2) is 5.25. The second-order valence-electron chi connectivity index (χ2n) is 4.98. The lowest BCUT2D eigenvalue weighted by Crippen LogP contribution is -2.23. The predicted octanol–water partition coefficient (Wildman–Crippen LogP) is 2.03. The maximum absolute atomic E-state index is 12.0. The highest BCUT2D eigenvalue weighted by atomic mass is 32.1. The van der Waals surface area contributed by atoms with Gasteiger partial charge in [-0.1, -0.05) is 0 Å². The number of nitrogens with one attached hydrogen (secondary N) is 1. The summed E-state index contributed by atoms with van der Waals surface area (Å²) in [5, 5.41) is 10.0. The van der Waals surface area contributed by atoms with Crippen LogP contribution in [0, 0.1) is 13.8 Å². The fraction of sp³-hybridized carbons (Fsp3) is 0.286. The summed E-state index contributed by atoms with van der Waals surface area (Å²) >= 11 is 1.40. The zero-order valence-corrected chi connectivity index (χ0v) is 12.9. The number of rotatable bonds is 3. The molecule has 21 heavy (non-hydrogen) atoms. The van der Waals surface area contributed by atoms with Crippen LogP contribution in [-0.2, 0) is 6.54 Å². The number of hydrogen-bond donors (Lipinski definition) is 1. The maximum atomic E-state index is 12.0. The molecule has 0 amide bonds. The predicted molar refractivity (Wildman–Crippen MR) is 83.9 cm³/mol. The lowest BCUT2D eigenvalue weighted by molar-refractivity contribution is 0.804. The monoisotopic (exact) mass is 301 g/mol. The van der Waals surface area contributed by atoms with Crippen molar-refractivity contribution in [3.63, 3.8) is 0 Å². The number of hydrogen-bond acceptors (Lipinski definition) is 6. The number of fused-ring (bicyclic) bond motifs is 1. The molecule has 0 aromatic carbocycles. The van der Waals surface area contributed by atoms with Crippen LogP contribution in [-0.4, -0.2) is 27.2 Å². The number of nitrogens with zero attached hydrogens (tertiary/aromatic N) is 4. The number of anilines is 1. The quantitative estimate of drug-likeness (QED) is 0.801. The normalized spacial score (nSPS) is 11.0. The summed E-state index contributed by atoms with van der Waals surface area (Å²) in [6, 6.07) is 1.86. The van der Waals surface area contributed by atoms with Gasteiger partial charge in [-0.05, 0) is 36.4 Å². The smallest absolute Gasteiger partial charge is 0.268 e. The molecule has 3 aromatic rings. The van der Waals surface area contributed by atoms with Gasteiger partial charge in [-0.25, -0.2) is 4.98 Å². The molecule has 3 heterocycles. The Hall–Kier alpha value is -2.28. The molecule has 0 radical (unpaired) electrons. The van der Waals surface area contributed by atoms with E-state index in [4.69, 9.17) is 0 Å². The van der Waals surface area contributed by atoms with E-state index in [1.165, 1.54) is 11.3 Å². The minimum Gasteiger partial charge on any atom is -0.350 e. The zero-order valence-electron chi connectivity index (χ0n) is 12.0. The highest BCUT2D eigenvalue weighted by molar-refractivity contribution is 7.17. The average molecular weight is 301 g/mol. The lowest BCUT2D eigenvalue weighted by atomic mass is 10.2. The lowest BCUT2D eigenvalue weighted by Gasteiger charge is -2.19. The Morgan fingerprint density at radius 1 is 1.38 bits per heavy atom. The SMILES string of the molecule is Cc1cnnc(N(C)Cc2nc3ccsc3c(=O)[nH]2)c1C. The molecule has 0 saturated heterocycles. The molecular formula is C14H15N5OS. The third-order valence-electron chi connectivity index (χ3n) is 3.44. The van der Waals surface area contributed by atoms with E-state index in [-0.39, 0.29) is 5.56 Å². The molecule has 3 aromatic heterocycles. The van der Waals surface area contributed by atoms with Crippen molar-refractivity contribution in [2.45, 2.75) is 20.4 Å². The Morgan fingerprint density at radius 2 is 2.19 bits per heavy atom. The van der Waals surface area contributed by atoms with Crippen molar-refractivity contribution in [3.8, 4) is 0 Å². The number of aromatic nitrogens is 4. The van der Waals surface area contributed by atoms with Crippen LogP contribution in [0.15, 0.2) is 22.4 Å². The molecule has 0 aliphatic carbocycles. The first kappa shape index (κ1) is 13.7. The van der Waals surface area contributed by atoms with Crippen LogP contribution >= 0.6 is 11.3 Å². The van der Waals surface area contributed by atoms with E-state index in [0.29, 0.717) is 17.1 Å². The van der Waals surface area contributed by atoms with Gasteiger partial charge in [0.25, 0.3) is 5.56 Å². The van der Waals surface area contributed by atoms with E-state index in [9.17, 15) is 4.79 Å². The van der Waals surface area contributed by atoms with Gasteiger partial charge in [0, 0.05) is 7.05 Å². The molecule has 108 valence electrons. The highest BCUT2D eigenvalue weighted by Gasteiger charge is 2.12. The van der Waals surface area contributed by atoms with Crippen molar-refractivity contribution in [3.05, 3.63) is 44.9 Å². The molecule has 0 atom stereocenters. The first-order chi connectivity index (χ1) is 10.1. The summed E-state index contributed by atoms with van der Waals surface area (Å²) in [4.78, 5) is 21.2. The molecule has 0 spiro atoms. The van der Waals surface area contributed by atoms with Crippen LogP contribution < -0.4 is 10.5 Å². The third-order valence-corrected chi connectivity index (χ3v) is 4.35. The van der Waals surface area contributed by atoms with Gasteiger partial charge in [0.15, 0.2) is 5.82 Å². The van der Waals surface area contributed by atoms with Crippen molar-refractivity contribution in [1.82, 2.24) is 20.2 Å². The minimum absolute atomic E-state index is 0.0922. The summed E-state index contributed by atoms with van der Waals surface area (Å²) in [6.07, 6.45) is 1.74. The van der Waals surface area contributed by atoms with Gasteiger partial charge in [-0.2, -0.15) is 5.10 Å². The summed E-state index contributed by atoms with van der Waals surface area (Å²) in [6.45, 7) is 4.48. The topological polar surface area (TPSA) is 74.8 Å². The highest BCUT2D eigenvalue weighted by Crippen LogP contribution is 2.19. The Labute approximate surface area is 125 Å². The molecule has 0 aliphatic heterocycles. The first-order valence-corrected chi connectivity index (χ1v) is 7.40. The largest absolute Gasteiger partial charge is 0.350 e. The average Bonchev–Trinajstić information content (AvgIpc) is 2.90. The van der Waals surface area contributed by atoms with E-state index in [2.05, 4.69) is 20.2 Å². The molecule has 3 rings (SSSR count). The van der Waals surface area contributed by atoms with Crippen LogP contribution in [0.4, 0.5) is 5.82 Å². The standard InChI is InChI=1S/C14H15N5OS/c1-8-6-15-18-13(9(8)2)19(3)7-11-16-10-4-5-21-12(10)14(20)17-11/h4-6H,7H2,1-3H3,(H,16,17,20). The van der Waals surface area contributed by atoms with E-state index in [1.807, 2.05) is 37.2 Å². The summed E-state index contributed by atoms with van der Waals surface area (Å²) in [7, 11) is 1.91. The van der Waals surface area contributed by atoms with Gasteiger partial charge < -0.3 is 9.88 Å². The van der Waals surface area contributed by atoms with E-state index in [0.717, 1.165) is 22.5 Å². The van der Waals surface area contributed by atoms with Crippen molar-refractivity contribution >= 4 is 27.4 Å². The molecule has 1 N–H and O–H groups in total. The summed E-state index contributed by atoms with van der Waals surface area (Å²) in [5.74, 6) is 1.42. The molecule has 0 aliphatic rings. The number of H-pyrrole nitrogens is 1. The van der Waals surface area contributed by atoms with Crippen molar-refractivity contribution in [2.75, 3.05) is 11.9 Å². The fourth-order valence-corrected chi connectivity index (χ4v) is 2.90.